The Morgan fingerprint density at radius 2 is 2.07 bits per heavy atom. The summed E-state index contributed by atoms with van der Waals surface area (Å²) in [6, 6.07) is 7.62. The minimum atomic E-state index is -0.122. The van der Waals surface area contributed by atoms with Gasteiger partial charge in [0.2, 0.25) is 0 Å². The predicted octanol–water partition coefficient (Wildman–Crippen LogP) is 1.63. The molecule has 0 aliphatic heterocycles. The lowest BCUT2D eigenvalue weighted by Crippen LogP contribution is -2.29. The molecule has 0 heterocycles. The number of hydrogen-bond donors (Lipinski definition) is 2. The van der Waals surface area contributed by atoms with Gasteiger partial charge in [0.25, 0.3) is 5.91 Å². The third-order valence-electron chi connectivity index (χ3n) is 2.25. The van der Waals surface area contributed by atoms with Gasteiger partial charge in [-0.2, -0.15) is 0 Å². The van der Waals surface area contributed by atoms with E-state index in [0.29, 0.717) is 5.56 Å². The first kappa shape index (κ1) is 11.7. The van der Waals surface area contributed by atoms with Crippen LogP contribution in [-0.2, 0) is 5.41 Å². The highest BCUT2D eigenvalue weighted by Gasteiger charge is 2.15. The lowest BCUT2D eigenvalue weighted by atomic mass is 9.86. The molecule has 0 radical (unpaired) electrons. The largest absolute Gasteiger partial charge is 0.340 e. The average molecular weight is 206 g/mol. The van der Waals surface area contributed by atoms with Gasteiger partial charge >= 0.3 is 0 Å². The topological polar surface area (TPSA) is 55.1 Å². The summed E-state index contributed by atoms with van der Waals surface area (Å²) in [6.07, 6.45) is 0. The molecular weight excluding hydrogens is 188 g/mol. The van der Waals surface area contributed by atoms with Crippen molar-refractivity contribution in [2.75, 3.05) is 6.67 Å². The maximum atomic E-state index is 11.5. The molecule has 0 unspecified atom stereocenters. The van der Waals surface area contributed by atoms with Gasteiger partial charge in [0.05, 0.1) is 6.67 Å². The Kier molecular flexibility index (Phi) is 3.48. The SMILES string of the molecule is CC(C)(C)c1cccc(C(=O)NCN)c1. The van der Waals surface area contributed by atoms with E-state index in [1.54, 1.807) is 6.07 Å². The second kappa shape index (κ2) is 4.45. The fraction of sp³-hybridized carbons (Fsp3) is 0.417. The quantitative estimate of drug-likeness (QED) is 0.723. The Bertz CT molecular complexity index is 353. The number of rotatable bonds is 2. The third kappa shape index (κ3) is 3.06. The summed E-state index contributed by atoms with van der Waals surface area (Å²) in [6.45, 7) is 6.52. The van der Waals surface area contributed by atoms with Gasteiger partial charge in [0.1, 0.15) is 0 Å². The Morgan fingerprint density at radius 3 is 2.60 bits per heavy atom. The molecule has 1 amide bonds. The minimum Gasteiger partial charge on any atom is -0.340 e. The fourth-order valence-electron chi connectivity index (χ4n) is 1.32. The molecule has 82 valence electrons. The van der Waals surface area contributed by atoms with Crippen LogP contribution in [0.5, 0.6) is 0 Å². The Balaban J connectivity index is 2.98. The zero-order chi connectivity index (χ0) is 11.5. The molecule has 0 aliphatic rings. The van der Waals surface area contributed by atoms with Crippen LogP contribution in [0.2, 0.25) is 0 Å². The second-order valence-electron chi connectivity index (χ2n) is 4.54. The van der Waals surface area contributed by atoms with Crippen molar-refractivity contribution >= 4 is 5.91 Å². The molecule has 0 bridgehead atoms. The Hall–Kier alpha value is -1.35. The van der Waals surface area contributed by atoms with Crippen molar-refractivity contribution in [1.29, 1.82) is 0 Å². The predicted molar refractivity (Wildman–Crippen MR) is 61.7 cm³/mol. The molecule has 3 nitrogen and oxygen atoms in total. The molecule has 3 heteroatoms. The molecule has 0 fully saturated rings. The first-order valence-electron chi connectivity index (χ1n) is 5.04. The summed E-state index contributed by atoms with van der Waals surface area (Å²) in [5, 5.41) is 2.58. The summed E-state index contributed by atoms with van der Waals surface area (Å²) in [5.41, 5.74) is 7.12. The lowest BCUT2D eigenvalue weighted by molar-refractivity contribution is 0.0954. The van der Waals surface area contributed by atoms with E-state index in [4.69, 9.17) is 5.73 Å². The summed E-state index contributed by atoms with van der Waals surface area (Å²) < 4.78 is 0. The molecule has 0 aromatic heterocycles. The third-order valence-corrected chi connectivity index (χ3v) is 2.25. The summed E-state index contributed by atoms with van der Waals surface area (Å²) in [5.74, 6) is -0.122. The maximum absolute atomic E-state index is 11.5. The van der Waals surface area contributed by atoms with Gasteiger partial charge in [-0.15, -0.1) is 0 Å². The fourth-order valence-corrected chi connectivity index (χ4v) is 1.32. The summed E-state index contributed by atoms with van der Waals surface area (Å²) >= 11 is 0. The molecular formula is C12H18N2O. The number of benzene rings is 1. The first-order valence-corrected chi connectivity index (χ1v) is 5.04. The smallest absolute Gasteiger partial charge is 0.252 e. The van der Waals surface area contributed by atoms with Crippen molar-refractivity contribution in [3.63, 3.8) is 0 Å². The second-order valence-corrected chi connectivity index (χ2v) is 4.54. The Morgan fingerprint density at radius 1 is 1.40 bits per heavy atom. The highest BCUT2D eigenvalue weighted by molar-refractivity contribution is 5.94. The number of carbonyl (C=O) groups excluding carboxylic acids is 1. The molecule has 3 N–H and O–H groups in total. The molecule has 0 aliphatic carbocycles. The molecule has 0 saturated carbocycles. The van der Waals surface area contributed by atoms with E-state index in [1.807, 2.05) is 18.2 Å². The van der Waals surface area contributed by atoms with Crippen LogP contribution in [0.25, 0.3) is 0 Å². The van der Waals surface area contributed by atoms with Crippen molar-refractivity contribution in [1.82, 2.24) is 5.32 Å². The number of nitrogens with two attached hydrogens (primary N) is 1. The van der Waals surface area contributed by atoms with Crippen LogP contribution < -0.4 is 11.1 Å². The molecule has 1 rings (SSSR count). The number of amides is 1. The van der Waals surface area contributed by atoms with E-state index < -0.39 is 0 Å². The molecule has 1 aromatic carbocycles. The van der Waals surface area contributed by atoms with Crippen molar-refractivity contribution in [3.05, 3.63) is 35.4 Å². The maximum Gasteiger partial charge on any atom is 0.252 e. The average Bonchev–Trinajstić information content (AvgIpc) is 2.17. The van der Waals surface area contributed by atoms with E-state index in [1.165, 1.54) is 0 Å². The van der Waals surface area contributed by atoms with Gasteiger partial charge in [-0.25, -0.2) is 0 Å². The highest BCUT2D eigenvalue weighted by Crippen LogP contribution is 2.22. The first-order chi connectivity index (χ1) is 6.95. The van der Waals surface area contributed by atoms with E-state index in [0.717, 1.165) is 5.56 Å². The van der Waals surface area contributed by atoms with Gasteiger partial charge in [-0.05, 0) is 23.1 Å². The van der Waals surface area contributed by atoms with Crippen LogP contribution in [0.4, 0.5) is 0 Å². The molecule has 15 heavy (non-hydrogen) atoms. The van der Waals surface area contributed by atoms with E-state index in [-0.39, 0.29) is 18.0 Å². The van der Waals surface area contributed by atoms with E-state index in [2.05, 4.69) is 26.1 Å². The standard InChI is InChI=1S/C12H18N2O/c1-12(2,3)10-6-4-5-9(7-10)11(15)14-8-13/h4-7H,8,13H2,1-3H3,(H,14,15). The van der Waals surface area contributed by atoms with Crippen LogP contribution in [0, 0.1) is 0 Å². The zero-order valence-electron chi connectivity index (χ0n) is 9.50. The van der Waals surface area contributed by atoms with E-state index in [9.17, 15) is 4.79 Å². The van der Waals surface area contributed by atoms with Gasteiger partial charge in [0, 0.05) is 5.56 Å². The van der Waals surface area contributed by atoms with Gasteiger partial charge in [-0.1, -0.05) is 32.9 Å². The van der Waals surface area contributed by atoms with Gasteiger partial charge in [-0.3, -0.25) is 4.79 Å². The van der Waals surface area contributed by atoms with Crippen LogP contribution in [0.3, 0.4) is 0 Å². The number of carbonyl (C=O) groups is 1. The van der Waals surface area contributed by atoms with Crippen molar-refractivity contribution in [2.24, 2.45) is 5.73 Å². The van der Waals surface area contributed by atoms with Crippen LogP contribution in [0.15, 0.2) is 24.3 Å². The summed E-state index contributed by atoms with van der Waals surface area (Å²) in [4.78, 5) is 11.5. The Labute approximate surface area is 90.7 Å². The monoisotopic (exact) mass is 206 g/mol. The number of nitrogens with one attached hydrogen (secondary N) is 1. The number of hydrogen-bond acceptors (Lipinski definition) is 2. The molecule has 1 aromatic rings. The molecule has 0 saturated heterocycles. The lowest BCUT2D eigenvalue weighted by Gasteiger charge is -2.19. The normalized spacial score (nSPS) is 11.2. The van der Waals surface area contributed by atoms with Crippen molar-refractivity contribution < 1.29 is 4.79 Å². The van der Waals surface area contributed by atoms with Crippen LogP contribution in [-0.4, -0.2) is 12.6 Å². The van der Waals surface area contributed by atoms with Crippen LogP contribution in [0.1, 0.15) is 36.7 Å². The van der Waals surface area contributed by atoms with Gasteiger partial charge in [0.15, 0.2) is 0 Å². The van der Waals surface area contributed by atoms with Gasteiger partial charge < -0.3 is 11.1 Å². The summed E-state index contributed by atoms with van der Waals surface area (Å²) in [7, 11) is 0. The van der Waals surface area contributed by atoms with Crippen LogP contribution >= 0.6 is 0 Å². The minimum absolute atomic E-state index is 0.0546. The van der Waals surface area contributed by atoms with E-state index >= 15 is 0 Å². The zero-order valence-corrected chi connectivity index (χ0v) is 9.50. The molecule has 0 atom stereocenters. The van der Waals surface area contributed by atoms with Crippen molar-refractivity contribution in [3.8, 4) is 0 Å². The molecule has 0 spiro atoms. The highest BCUT2D eigenvalue weighted by atomic mass is 16.1. The van der Waals surface area contributed by atoms with Crippen molar-refractivity contribution in [2.45, 2.75) is 26.2 Å².